The summed E-state index contributed by atoms with van der Waals surface area (Å²) in [6.45, 7) is 7.12. The molecule has 3 N–H and O–H groups in total. The van der Waals surface area contributed by atoms with Crippen molar-refractivity contribution in [2.24, 2.45) is 11.7 Å². The minimum atomic E-state index is 0.579. The number of nitrogens with zero attached hydrogens (tertiary/aromatic N) is 1. The fourth-order valence-electron chi connectivity index (χ4n) is 3.00. The van der Waals surface area contributed by atoms with Crippen molar-refractivity contribution in [3.05, 3.63) is 28.2 Å². The summed E-state index contributed by atoms with van der Waals surface area (Å²) >= 11 is 6.53. The molecule has 2 rings (SSSR count). The molecule has 21 heavy (non-hydrogen) atoms. The van der Waals surface area contributed by atoms with Crippen LogP contribution in [-0.2, 0) is 12.8 Å². The predicted molar refractivity (Wildman–Crippen MR) is 91.0 cm³/mol. The van der Waals surface area contributed by atoms with Gasteiger partial charge in [0.15, 0.2) is 0 Å². The second-order valence-corrected chi connectivity index (χ2v) is 6.21. The quantitative estimate of drug-likeness (QED) is 0.797. The van der Waals surface area contributed by atoms with Gasteiger partial charge in [0, 0.05) is 16.8 Å². The third-order valence-corrected chi connectivity index (χ3v) is 4.58. The Hall–Kier alpha value is -1.06. The van der Waals surface area contributed by atoms with Crippen LogP contribution < -0.4 is 5.73 Å². The van der Waals surface area contributed by atoms with Crippen LogP contribution in [0.4, 0.5) is 0 Å². The maximum Gasteiger partial charge on any atom is 0.0710 e. The van der Waals surface area contributed by atoms with Gasteiger partial charge in [0.2, 0.25) is 0 Å². The monoisotopic (exact) mass is 307 g/mol. The average Bonchev–Trinajstić information content (AvgIpc) is 2.79. The highest BCUT2D eigenvalue weighted by molar-refractivity contribution is 6.36. The van der Waals surface area contributed by atoms with Gasteiger partial charge in [0.25, 0.3) is 0 Å². The summed E-state index contributed by atoms with van der Waals surface area (Å²) in [6, 6.07) is 2.08. The standard InChI is InChI=1S/C17H26ClN3/c1-4-6-12(10-19)7-8-14-16-15(9-11(3)20-14)21-13(5-2)17(16)18/h9,12,21H,4-8,10,19H2,1-3H3. The van der Waals surface area contributed by atoms with Crippen LogP contribution in [0.15, 0.2) is 6.07 Å². The molecule has 0 aliphatic rings. The number of hydrogen-bond acceptors (Lipinski definition) is 2. The number of nitrogens with one attached hydrogen (secondary N) is 1. The first-order valence-electron chi connectivity index (χ1n) is 7.97. The molecule has 0 aliphatic heterocycles. The molecule has 1 unspecified atom stereocenters. The van der Waals surface area contributed by atoms with Crippen LogP contribution in [0.2, 0.25) is 5.02 Å². The number of aryl methyl sites for hydroxylation is 3. The van der Waals surface area contributed by atoms with E-state index in [0.717, 1.165) is 58.8 Å². The van der Waals surface area contributed by atoms with Gasteiger partial charge in [-0.15, -0.1) is 0 Å². The number of nitrogens with two attached hydrogens (primary N) is 1. The van der Waals surface area contributed by atoms with E-state index in [-0.39, 0.29) is 0 Å². The Balaban J connectivity index is 2.32. The molecule has 0 saturated carbocycles. The summed E-state index contributed by atoms with van der Waals surface area (Å²) in [5.41, 5.74) is 10.2. The van der Waals surface area contributed by atoms with Crippen LogP contribution in [0.1, 0.15) is 50.2 Å². The molecular weight excluding hydrogens is 282 g/mol. The highest BCUT2D eigenvalue weighted by atomic mass is 35.5. The molecule has 0 amide bonds. The number of hydrogen-bond donors (Lipinski definition) is 2. The lowest BCUT2D eigenvalue weighted by molar-refractivity contribution is 0.454. The Kier molecular flexibility index (Phi) is 5.65. The largest absolute Gasteiger partial charge is 0.357 e. The first kappa shape index (κ1) is 16.3. The van der Waals surface area contributed by atoms with Gasteiger partial charge in [-0.1, -0.05) is 31.9 Å². The molecule has 0 spiro atoms. The fraction of sp³-hybridized carbons (Fsp3) is 0.588. The molecule has 0 radical (unpaired) electrons. The maximum atomic E-state index is 6.53. The molecule has 2 aromatic heterocycles. The highest BCUT2D eigenvalue weighted by Gasteiger charge is 2.15. The van der Waals surface area contributed by atoms with E-state index in [4.69, 9.17) is 22.3 Å². The number of aromatic nitrogens is 2. The van der Waals surface area contributed by atoms with E-state index < -0.39 is 0 Å². The van der Waals surface area contributed by atoms with Gasteiger partial charge in [-0.3, -0.25) is 4.98 Å². The van der Waals surface area contributed by atoms with E-state index in [1.807, 2.05) is 6.92 Å². The maximum absolute atomic E-state index is 6.53. The molecule has 116 valence electrons. The molecule has 2 heterocycles. The SMILES string of the molecule is CCCC(CN)CCc1nc(C)cc2[nH]c(CC)c(Cl)c12. The average molecular weight is 308 g/mol. The first-order chi connectivity index (χ1) is 10.1. The van der Waals surface area contributed by atoms with Crippen molar-refractivity contribution in [3.63, 3.8) is 0 Å². The lowest BCUT2D eigenvalue weighted by Gasteiger charge is -2.13. The molecule has 1 atom stereocenters. The lowest BCUT2D eigenvalue weighted by atomic mass is 9.96. The molecule has 2 aromatic rings. The van der Waals surface area contributed by atoms with Gasteiger partial charge < -0.3 is 10.7 Å². The molecular formula is C17H26ClN3. The van der Waals surface area contributed by atoms with Gasteiger partial charge in [0.1, 0.15) is 0 Å². The second kappa shape index (κ2) is 7.28. The van der Waals surface area contributed by atoms with Crippen LogP contribution in [-0.4, -0.2) is 16.5 Å². The van der Waals surface area contributed by atoms with E-state index in [1.54, 1.807) is 0 Å². The molecule has 0 fully saturated rings. The Morgan fingerprint density at radius 2 is 2.10 bits per heavy atom. The first-order valence-corrected chi connectivity index (χ1v) is 8.35. The number of pyridine rings is 1. The van der Waals surface area contributed by atoms with Crippen LogP contribution in [0.5, 0.6) is 0 Å². The zero-order valence-electron chi connectivity index (χ0n) is 13.3. The van der Waals surface area contributed by atoms with Crippen molar-refractivity contribution < 1.29 is 0 Å². The number of H-pyrrole nitrogens is 1. The number of halogens is 1. The van der Waals surface area contributed by atoms with Gasteiger partial charge in [-0.25, -0.2) is 0 Å². The van der Waals surface area contributed by atoms with Crippen molar-refractivity contribution >= 4 is 22.5 Å². The predicted octanol–water partition coefficient (Wildman–Crippen LogP) is 4.39. The summed E-state index contributed by atoms with van der Waals surface area (Å²) in [5.74, 6) is 0.579. The zero-order valence-corrected chi connectivity index (χ0v) is 14.1. The van der Waals surface area contributed by atoms with Crippen LogP contribution in [0, 0.1) is 12.8 Å². The lowest BCUT2D eigenvalue weighted by Crippen LogP contribution is -2.15. The van der Waals surface area contributed by atoms with Crippen molar-refractivity contribution in [3.8, 4) is 0 Å². The van der Waals surface area contributed by atoms with Crippen LogP contribution in [0.25, 0.3) is 10.9 Å². The second-order valence-electron chi connectivity index (χ2n) is 5.83. The van der Waals surface area contributed by atoms with E-state index >= 15 is 0 Å². The Bertz CT molecular complexity index is 604. The Morgan fingerprint density at radius 1 is 1.33 bits per heavy atom. The molecule has 0 aliphatic carbocycles. The molecule has 0 saturated heterocycles. The van der Waals surface area contributed by atoms with Crippen molar-refractivity contribution in [1.29, 1.82) is 0 Å². The number of fused-ring (bicyclic) bond motifs is 1. The Morgan fingerprint density at radius 3 is 2.71 bits per heavy atom. The van der Waals surface area contributed by atoms with E-state index in [0.29, 0.717) is 5.92 Å². The number of aromatic amines is 1. The van der Waals surface area contributed by atoms with E-state index in [9.17, 15) is 0 Å². The van der Waals surface area contributed by atoms with Gasteiger partial charge in [-0.2, -0.15) is 0 Å². The summed E-state index contributed by atoms with van der Waals surface area (Å²) < 4.78 is 0. The molecule has 0 bridgehead atoms. The third-order valence-electron chi connectivity index (χ3n) is 4.17. The van der Waals surface area contributed by atoms with E-state index in [2.05, 4.69) is 24.9 Å². The third kappa shape index (κ3) is 3.58. The molecule has 0 aromatic carbocycles. The van der Waals surface area contributed by atoms with Gasteiger partial charge in [-0.05, 0) is 51.1 Å². The van der Waals surface area contributed by atoms with Crippen molar-refractivity contribution in [2.75, 3.05) is 6.54 Å². The minimum Gasteiger partial charge on any atom is -0.357 e. The van der Waals surface area contributed by atoms with Crippen LogP contribution in [0.3, 0.4) is 0 Å². The minimum absolute atomic E-state index is 0.579. The fourth-order valence-corrected chi connectivity index (χ4v) is 3.39. The summed E-state index contributed by atoms with van der Waals surface area (Å²) in [5, 5.41) is 1.95. The number of rotatable bonds is 7. The highest BCUT2D eigenvalue weighted by Crippen LogP contribution is 2.31. The van der Waals surface area contributed by atoms with Gasteiger partial charge in [0.05, 0.1) is 16.2 Å². The molecule has 4 heteroatoms. The summed E-state index contributed by atoms with van der Waals surface area (Å²) in [6.07, 6.45) is 5.31. The van der Waals surface area contributed by atoms with Crippen LogP contribution >= 0.6 is 11.6 Å². The van der Waals surface area contributed by atoms with E-state index in [1.165, 1.54) is 12.8 Å². The summed E-state index contributed by atoms with van der Waals surface area (Å²) in [4.78, 5) is 8.16. The normalized spacial score (nSPS) is 13.0. The summed E-state index contributed by atoms with van der Waals surface area (Å²) in [7, 11) is 0. The van der Waals surface area contributed by atoms with Crippen molar-refractivity contribution in [1.82, 2.24) is 9.97 Å². The Labute approximate surface area is 132 Å². The van der Waals surface area contributed by atoms with Gasteiger partial charge >= 0.3 is 0 Å². The van der Waals surface area contributed by atoms with Crippen molar-refractivity contribution in [2.45, 2.75) is 52.9 Å². The zero-order chi connectivity index (χ0) is 15.4. The molecule has 3 nitrogen and oxygen atoms in total. The smallest absolute Gasteiger partial charge is 0.0710 e. The topological polar surface area (TPSA) is 54.7 Å².